The number of rotatable bonds is 6. The molecule has 0 aliphatic carbocycles. The Bertz CT molecular complexity index is 1370. The summed E-state index contributed by atoms with van der Waals surface area (Å²) in [5, 5.41) is 0. The quantitative estimate of drug-likeness (QED) is 0.248. The SMILES string of the molecule is CCc1ccc2c(c1-c1cc(/C=C/C=C/c3ccc(OC)cc3)ccn1)-c1cccc[n+]1CC2. The fourth-order valence-corrected chi connectivity index (χ4v) is 4.65. The number of nitrogens with zero attached hydrogens (tertiary/aromatic N) is 2. The first-order valence-electron chi connectivity index (χ1n) is 11.9. The van der Waals surface area contributed by atoms with E-state index in [-0.39, 0.29) is 0 Å². The second-order valence-corrected chi connectivity index (χ2v) is 8.48. The summed E-state index contributed by atoms with van der Waals surface area (Å²) in [5.41, 5.74) is 9.93. The maximum atomic E-state index is 5.23. The lowest BCUT2D eigenvalue weighted by atomic mass is 9.86. The van der Waals surface area contributed by atoms with Gasteiger partial charge in [-0.1, -0.05) is 55.5 Å². The molecule has 3 heterocycles. The second-order valence-electron chi connectivity index (χ2n) is 8.48. The van der Waals surface area contributed by atoms with Crippen LogP contribution in [0.3, 0.4) is 0 Å². The lowest BCUT2D eigenvalue weighted by molar-refractivity contribution is -0.687. The van der Waals surface area contributed by atoms with Gasteiger partial charge in [0.15, 0.2) is 12.7 Å². The van der Waals surface area contributed by atoms with E-state index in [1.165, 1.54) is 27.9 Å². The molecule has 0 fully saturated rings. The van der Waals surface area contributed by atoms with E-state index < -0.39 is 0 Å². The van der Waals surface area contributed by atoms with Crippen LogP contribution >= 0.6 is 0 Å². The van der Waals surface area contributed by atoms with Crippen molar-refractivity contribution >= 4 is 12.2 Å². The van der Waals surface area contributed by atoms with Gasteiger partial charge < -0.3 is 4.74 Å². The van der Waals surface area contributed by atoms with Crippen LogP contribution in [0.25, 0.3) is 34.7 Å². The van der Waals surface area contributed by atoms with Gasteiger partial charge in [-0.05, 0) is 59.0 Å². The zero-order valence-electron chi connectivity index (χ0n) is 19.7. The van der Waals surface area contributed by atoms with Crippen molar-refractivity contribution in [3.05, 3.63) is 114 Å². The molecule has 0 radical (unpaired) electrons. The Morgan fingerprint density at radius 3 is 2.53 bits per heavy atom. The van der Waals surface area contributed by atoms with Crippen LogP contribution in [0.5, 0.6) is 5.75 Å². The third kappa shape index (κ3) is 4.42. The summed E-state index contributed by atoms with van der Waals surface area (Å²) in [6, 6.07) is 23.4. The zero-order chi connectivity index (χ0) is 23.3. The molecule has 0 atom stereocenters. The number of methoxy groups -OCH3 is 1. The Morgan fingerprint density at radius 2 is 1.74 bits per heavy atom. The number of hydrogen-bond acceptors (Lipinski definition) is 2. The fraction of sp³-hybridized carbons (Fsp3) is 0.161. The highest BCUT2D eigenvalue weighted by molar-refractivity contribution is 5.85. The van der Waals surface area contributed by atoms with Gasteiger partial charge in [0.1, 0.15) is 5.75 Å². The number of fused-ring (bicyclic) bond motifs is 3. The maximum Gasteiger partial charge on any atom is 0.213 e. The highest BCUT2D eigenvalue weighted by atomic mass is 16.5. The molecule has 5 rings (SSSR count). The minimum absolute atomic E-state index is 0.868. The number of ether oxygens (including phenoxy) is 1. The number of benzene rings is 2. The normalized spacial score (nSPS) is 12.6. The minimum Gasteiger partial charge on any atom is -0.497 e. The van der Waals surface area contributed by atoms with Crippen LogP contribution in [0.1, 0.15) is 29.2 Å². The largest absolute Gasteiger partial charge is 0.497 e. The van der Waals surface area contributed by atoms with E-state index in [1.54, 1.807) is 7.11 Å². The van der Waals surface area contributed by atoms with Gasteiger partial charge in [0.05, 0.1) is 18.4 Å². The summed E-state index contributed by atoms with van der Waals surface area (Å²) in [6.45, 7) is 3.24. The number of aromatic nitrogens is 2. The van der Waals surface area contributed by atoms with E-state index in [9.17, 15) is 0 Å². The van der Waals surface area contributed by atoms with Gasteiger partial charge in [0.2, 0.25) is 5.69 Å². The number of aryl methyl sites for hydroxylation is 3. The zero-order valence-corrected chi connectivity index (χ0v) is 19.7. The Balaban J connectivity index is 1.48. The molecule has 2 aromatic carbocycles. The van der Waals surface area contributed by atoms with Crippen molar-refractivity contribution in [1.29, 1.82) is 0 Å². The summed E-state index contributed by atoms with van der Waals surface area (Å²) in [6.07, 6.45) is 14.5. The van der Waals surface area contributed by atoms with Crippen molar-refractivity contribution in [1.82, 2.24) is 4.98 Å². The van der Waals surface area contributed by atoms with E-state index in [1.807, 2.05) is 30.5 Å². The lowest BCUT2D eigenvalue weighted by Gasteiger charge is -2.20. The van der Waals surface area contributed by atoms with Gasteiger partial charge in [0.25, 0.3) is 0 Å². The predicted molar refractivity (Wildman–Crippen MR) is 139 cm³/mol. The highest BCUT2D eigenvalue weighted by Gasteiger charge is 2.27. The summed E-state index contributed by atoms with van der Waals surface area (Å²) < 4.78 is 7.59. The van der Waals surface area contributed by atoms with Gasteiger partial charge in [-0.2, -0.15) is 4.57 Å². The van der Waals surface area contributed by atoms with E-state index in [0.29, 0.717) is 0 Å². The fourth-order valence-electron chi connectivity index (χ4n) is 4.65. The van der Waals surface area contributed by atoms with Crippen LogP contribution in [0, 0.1) is 0 Å². The van der Waals surface area contributed by atoms with Crippen LogP contribution in [0.15, 0.2) is 91.3 Å². The molecule has 0 bridgehead atoms. The molecular weight excluding hydrogens is 416 g/mol. The Labute approximate surface area is 201 Å². The van der Waals surface area contributed by atoms with E-state index in [0.717, 1.165) is 42.0 Å². The molecule has 4 aromatic rings. The Morgan fingerprint density at radius 1 is 0.912 bits per heavy atom. The molecule has 0 saturated heterocycles. The third-order valence-corrected chi connectivity index (χ3v) is 6.42. The van der Waals surface area contributed by atoms with Crippen molar-refractivity contribution in [3.8, 4) is 28.3 Å². The molecule has 34 heavy (non-hydrogen) atoms. The number of allylic oxidation sites excluding steroid dienone is 2. The van der Waals surface area contributed by atoms with Crippen molar-refractivity contribution in [2.75, 3.05) is 7.11 Å². The second kappa shape index (κ2) is 9.88. The van der Waals surface area contributed by atoms with E-state index >= 15 is 0 Å². The average Bonchev–Trinajstić information content (AvgIpc) is 2.90. The van der Waals surface area contributed by atoms with E-state index in [2.05, 4.69) is 84.5 Å². The Kier molecular flexibility index (Phi) is 6.35. The van der Waals surface area contributed by atoms with Crippen molar-refractivity contribution in [2.45, 2.75) is 26.3 Å². The summed E-state index contributed by atoms with van der Waals surface area (Å²) in [7, 11) is 1.68. The standard InChI is InChI=1S/C31H29N2O/c1-3-25-13-14-26-18-21-33-20-7-6-10-29(33)31(26)30(25)28-22-24(17-19-32-28)9-5-4-8-23-11-15-27(34-2)16-12-23/h4-17,19-20,22H,3,18,21H2,1-2H3/q+1/b8-4+,9-5+. The average molecular weight is 446 g/mol. The summed E-state index contributed by atoms with van der Waals surface area (Å²) in [4.78, 5) is 4.82. The summed E-state index contributed by atoms with van der Waals surface area (Å²) in [5.74, 6) is 0.868. The molecule has 1 aliphatic rings. The van der Waals surface area contributed by atoms with Gasteiger partial charge in [-0.25, -0.2) is 0 Å². The highest BCUT2D eigenvalue weighted by Crippen LogP contribution is 2.38. The van der Waals surface area contributed by atoms with E-state index in [4.69, 9.17) is 9.72 Å². The molecule has 0 N–H and O–H groups in total. The predicted octanol–water partition coefficient (Wildman–Crippen LogP) is 6.56. The van der Waals surface area contributed by atoms with Crippen molar-refractivity contribution in [2.24, 2.45) is 0 Å². The molecule has 0 amide bonds. The van der Waals surface area contributed by atoms with Crippen LogP contribution in [-0.2, 0) is 19.4 Å². The smallest absolute Gasteiger partial charge is 0.213 e. The molecular formula is C31H29N2O+. The molecule has 1 aliphatic heterocycles. The molecule has 0 spiro atoms. The van der Waals surface area contributed by atoms with Gasteiger partial charge >= 0.3 is 0 Å². The van der Waals surface area contributed by atoms with Crippen molar-refractivity contribution < 1.29 is 9.30 Å². The maximum absolute atomic E-state index is 5.23. The first-order valence-corrected chi connectivity index (χ1v) is 11.9. The molecule has 0 saturated carbocycles. The third-order valence-electron chi connectivity index (χ3n) is 6.42. The number of pyridine rings is 2. The van der Waals surface area contributed by atoms with Gasteiger partial charge in [-0.3, -0.25) is 4.98 Å². The molecule has 168 valence electrons. The lowest BCUT2D eigenvalue weighted by Crippen LogP contribution is -2.40. The molecule has 2 aromatic heterocycles. The van der Waals surface area contributed by atoms with Gasteiger partial charge in [-0.15, -0.1) is 0 Å². The van der Waals surface area contributed by atoms with Crippen LogP contribution in [0.2, 0.25) is 0 Å². The van der Waals surface area contributed by atoms with Crippen LogP contribution in [0.4, 0.5) is 0 Å². The summed E-state index contributed by atoms with van der Waals surface area (Å²) >= 11 is 0. The molecule has 3 nitrogen and oxygen atoms in total. The van der Waals surface area contributed by atoms with Crippen LogP contribution < -0.4 is 9.30 Å². The molecule has 0 unspecified atom stereocenters. The molecule has 3 heteroatoms. The minimum atomic E-state index is 0.868. The van der Waals surface area contributed by atoms with Gasteiger partial charge in [0, 0.05) is 30.3 Å². The first-order chi connectivity index (χ1) is 16.8. The van der Waals surface area contributed by atoms with Crippen LogP contribution in [-0.4, -0.2) is 12.1 Å². The van der Waals surface area contributed by atoms with Crippen molar-refractivity contribution in [3.63, 3.8) is 0 Å². The Hall–Kier alpha value is -3.98. The number of hydrogen-bond donors (Lipinski definition) is 0. The monoisotopic (exact) mass is 445 g/mol. The topological polar surface area (TPSA) is 26.0 Å². The first kappa shape index (κ1) is 21.8.